The maximum atomic E-state index is 14.1. The summed E-state index contributed by atoms with van der Waals surface area (Å²) in [4.78, 5) is 36.6. The third-order valence-electron chi connectivity index (χ3n) is 6.81. The number of anilines is 1. The molecule has 2 aromatic heterocycles. The molecule has 1 atom stereocenters. The Kier molecular flexibility index (Phi) is 6.20. The molecule has 190 valence electrons. The van der Waals surface area contributed by atoms with Crippen molar-refractivity contribution in [3.05, 3.63) is 94.4 Å². The van der Waals surface area contributed by atoms with Gasteiger partial charge in [0.1, 0.15) is 23.5 Å². The molecule has 37 heavy (non-hydrogen) atoms. The molecule has 10 heteroatoms. The van der Waals surface area contributed by atoms with Crippen LogP contribution in [0, 0.1) is 17.5 Å². The van der Waals surface area contributed by atoms with Crippen molar-refractivity contribution in [2.45, 2.75) is 25.0 Å². The van der Waals surface area contributed by atoms with Gasteiger partial charge >= 0.3 is 0 Å². The molecule has 0 bridgehead atoms. The van der Waals surface area contributed by atoms with E-state index in [1.54, 1.807) is 18.2 Å². The smallest absolute Gasteiger partial charge is 0.255 e. The van der Waals surface area contributed by atoms with Crippen LogP contribution in [0.1, 0.15) is 33.6 Å². The number of nitrogens with two attached hydrogens (primary N) is 1. The summed E-state index contributed by atoms with van der Waals surface area (Å²) in [7, 11) is 1.86. The van der Waals surface area contributed by atoms with E-state index in [2.05, 4.69) is 9.97 Å². The first-order chi connectivity index (χ1) is 17.7. The summed E-state index contributed by atoms with van der Waals surface area (Å²) in [5.41, 5.74) is 6.99. The SMILES string of the molecule is CN(CCC1(C=O)c2ccc(F)cc2C(=O)N1Cc1cc2nc(N)c(F)cc2[nH]1)Cc1ccc(F)cc1. The molecular weight excluding hydrogens is 483 g/mol. The maximum Gasteiger partial charge on any atom is 0.255 e. The summed E-state index contributed by atoms with van der Waals surface area (Å²) in [6.45, 7) is 0.889. The van der Waals surface area contributed by atoms with Gasteiger partial charge in [-0.2, -0.15) is 0 Å². The van der Waals surface area contributed by atoms with E-state index in [9.17, 15) is 22.8 Å². The van der Waals surface area contributed by atoms with E-state index in [0.29, 0.717) is 35.4 Å². The predicted octanol–water partition coefficient (Wildman–Crippen LogP) is 4.13. The number of benzene rings is 2. The summed E-state index contributed by atoms with van der Waals surface area (Å²) >= 11 is 0. The van der Waals surface area contributed by atoms with Crippen LogP contribution in [0.4, 0.5) is 19.0 Å². The van der Waals surface area contributed by atoms with Gasteiger partial charge in [0.2, 0.25) is 0 Å². The lowest BCUT2D eigenvalue weighted by molar-refractivity contribution is -0.118. The minimum Gasteiger partial charge on any atom is -0.381 e. The second-order valence-electron chi connectivity index (χ2n) is 9.32. The molecule has 0 saturated heterocycles. The second-order valence-corrected chi connectivity index (χ2v) is 9.32. The summed E-state index contributed by atoms with van der Waals surface area (Å²) < 4.78 is 41.2. The Bertz CT molecular complexity index is 1470. The van der Waals surface area contributed by atoms with Gasteiger partial charge in [0, 0.05) is 30.4 Å². The molecule has 4 aromatic rings. The van der Waals surface area contributed by atoms with Gasteiger partial charge in [-0.15, -0.1) is 0 Å². The number of nitrogens with zero attached hydrogens (tertiary/aromatic N) is 3. The number of carbonyl (C=O) groups excluding carboxylic acids is 2. The number of fused-ring (bicyclic) bond motifs is 2. The molecule has 3 heterocycles. The van der Waals surface area contributed by atoms with Crippen LogP contribution in [0.5, 0.6) is 0 Å². The minimum absolute atomic E-state index is 0.0204. The number of pyridine rings is 1. The number of rotatable bonds is 8. The van der Waals surface area contributed by atoms with Crippen LogP contribution >= 0.6 is 0 Å². The number of hydrogen-bond donors (Lipinski definition) is 2. The maximum absolute atomic E-state index is 14.1. The van der Waals surface area contributed by atoms with Crippen molar-refractivity contribution >= 4 is 29.0 Å². The van der Waals surface area contributed by atoms with Crippen LogP contribution < -0.4 is 5.73 Å². The Balaban J connectivity index is 1.46. The quantitative estimate of drug-likeness (QED) is 0.350. The minimum atomic E-state index is -1.35. The number of aromatic amines is 1. The Morgan fingerprint density at radius 3 is 2.54 bits per heavy atom. The topological polar surface area (TPSA) is 95.3 Å². The molecule has 7 nitrogen and oxygen atoms in total. The Labute approximate surface area is 210 Å². The van der Waals surface area contributed by atoms with Crippen molar-refractivity contribution in [2.24, 2.45) is 0 Å². The van der Waals surface area contributed by atoms with Crippen LogP contribution in [0.2, 0.25) is 0 Å². The number of aromatic nitrogens is 2. The van der Waals surface area contributed by atoms with E-state index in [-0.39, 0.29) is 30.2 Å². The number of hydrogen-bond acceptors (Lipinski definition) is 5. The summed E-state index contributed by atoms with van der Waals surface area (Å²) in [5.74, 6) is -2.31. The third-order valence-corrected chi connectivity index (χ3v) is 6.81. The van der Waals surface area contributed by atoms with Crippen LogP contribution in [0.3, 0.4) is 0 Å². The van der Waals surface area contributed by atoms with Crippen molar-refractivity contribution in [3.8, 4) is 0 Å². The number of halogens is 3. The third kappa shape index (κ3) is 4.44. The molecule has 5 rings (SSSR count). The van der Waals surface area contributed by atoms with E-state index in [4.69, 9.17) is 5.73 Å². The normalized spacial score (nSPS) is 17.1. The van der Waals surface area contributed by atoms with Crippen LogP contribution in [0.15, 0.2) is 54.6 Å². The van der Waals surface area contributed by atoms with Crippen molar-refractivity contribution < 1.29 is 22.8 Å². The monoisotopic (exact) mass is 507 g/mol. The van der Waals surface area contributed by atoms with Gasteiger partial charge < -0.3 is 25.3 Å². The molecule has 1 unspecified atom stereocenters. The molecule has 0 aliphatic carbocycles. The van der Waals surface area contributed by atoms with Crippen molar-refractivity contribution in [3.63, 3.8) is 0 Å². The largest absolute Gasteiger partial charge is 0.381 e. The average molecular weight is 508 g/mol. The average Bonchev–Trinajstić information content (AvgIpc) is 3.35. The first kappa shape index (κ1) is 24.5. The highest BCUT2D eigenvalue weighted by molar-refractivity contribution is 6.03. The first-order valence-electron chi connectivity index (χ1n) is 11.6. The summed E-state index contributed by atoms with van der Waals surface area (Å²) in [6.07, 6.45) is 0.956. The number of nitrogen functional groups attached to an aromatic ring is 1. The zero-order valence-electron chi connectivity index (χ0n) is 20.0. The van der Waals surface area contributed by atoms with E-state index in [1.165, 1.54) is 35.2 Å². The summed E-state index contributed by atoms with van der Waals surface area (Å²) in [5, 5.41) is 0. The van der Waals surface area contributed by atoms with Gasteiger partial charge in [-0.1, -0.05) is 18.2 Å². The van der Waals surface area contributed by atoms with Gasteiger partial charge in [0.15, 0.2) is 11.6 Å². The molecule has 1 aliphatic heterocycles. The van der Waals surface area contributed by atoms with Gasteiger partial charge in [0.05, 0.1) is 17.6 Å². The Morgan fingerprint density at radius 1 is 1.08 bits per heavy atom. The van der Waals surface area contributed by atoms with E-state index >= 15 is 0 Å². The van der Waals surface area contributed by atoms with Crippen LogP contribution in [0.25, 0.3) is 11.0 Å². The number of aldehydes is 1. The summed E-state index contributed by atoms with van der Waals surface area (Å²) in [6, 6.07) is 12.8. The zero-order valence-corrected chi connectivity index (χ0v) is 20.0. The molecule has 1 amide bonds. The lowest BCUT2D eigenvalue weighted by Crippen LogP contribution is -2.46. The van der Waals surface area contributed by atoms with Gasteiger partial charge in [-0.3, -0.25) is 4.79 Å². The van der Waals surface area contributed by atoms with E-state index < -0.39 is 23.1 Å². The van der Waals surface area contributed by atoms with Crippen molar-refractivity contribution in [1.29, 1.82) is 0 Å². The van der Waals surface area contributed by atoms with E-state index in [0.717, 1.165) is 17.9 Å². The van der Waals surface area contributed by atoms with Gasteiger partial charge in [0.25, 0.3) is 5.91 Å². The van der Waals surface area contributed by atoms with Crippen LogP contribution in [-0.2, 0) is 23.4 Å². The molecular formula is C27H24F3N5O2. The zero-order chi connectivity index (χ0) is 26.3. The molecule has 1 aliphatic rings. The molecule has 0 radical (unpaired) electrons. The van der Waals surface area contributed by atoms with Crippen molar-refractivity contribution in [2.75, 3.05) is 19.3 Å². The van der Waals surface area contributed by atoms with Crippen molar-refractivity contribution in [1.82, 2.24) is 19.8 Å². The predicted molar refractivity (Wildman–Crippen MR) is 132 cm³/mol. The fourth-order valence-electron chi connectivity index (χ4n) is 4.91. The molecule has 0 fully saturated rings. The number of nitrogens with one attached hydrogen (secondary N) is 1. The highest BCUT2D eigenvalue weighted by Gasteiger charge is 2.49. The Hall–Kier alpha value is -4.18. The highest BCUT2D eigenvalue weighted by Crippen LogP contribution is 2.42. The number of H-pyrrole nitrogens is 1. The molecule has 3 N–H and O–H groups in total. The highest BCUT2D eigenvalue weighted by atomic mass is 19.1. The fourth-order valence-corrected chi connectivity index (χ4v) is 4.91. The molecule has 0 spiro atoms. The number of carbonyl (C=O) groups is 2. The van der Waals surface area contributed by atoms with Gasteiger partial charge in [-0.25, -0.2) is 18.2 Å². The Morgan fingerprint density at radius 2 is 1.81 bits per heavy atom. The van der Waals surface area contributed by atoms with E-state index in [1.807, 2.05) is 11.9 Å². The lowest BCUT2D eigenvalue weighted by atomic mass is 9.87. The van der Waals surface area contributed by atoms with Gasteiger partial charge in [-0.05, 0) is 54.9 Å². The van der Waals surface area contributed by atoms with Crippen LogP contribution in [-0.4, -0.2) is 45.6 Å². The fraction of sp³-hybridized carbons (Fsp3) is 0.222. The number of amides is 1. The first-order valence-corrected chi connectivity index (χ1v) is 11.6. The standard InChI is InChI=1S/C27H24F3N5O2/c1-34(13-16-2-4-17(28)5-3-16)9-8-27(15-36)21-7-6-18(29)10-20(21)26(37)35(27)14-19-11-23-24(32-19)12-22(30)25(31)33-23/h2-7,10-12,15,32H,8-9,13-14H2,1H3,(H2,31,33). The second kappa shape index (κ2) is 9.36. The molecule has 2 aromatic carbocycles. The molecule has 0 saturated carbocycles. The lowest BCUT2D eigenvalue weighted by Gasteiger charge is -2.35.